The van der Waals surface area contributed by atoms with Crippen molar-refractivity contribution in [1.82, 2.24) is 0 Å². The van der Waals surface area contributed by atoms with E-state index >= 15 is 0 Å². The summed E-state index contributed by atoms with van der Waals surface area (Å²) in [5, 5.41) is 14.4. The lowest BCUT2D eigenvalue weighted by Gasteiger charge is -2.29. The van der Waals surface area contributed by atoms with Gasteiger partial charge >= 0.3 is 5.69 Å². The first-order valence-corrected chi connectivity index (χ1v) is 8.15. The van der Waals surface area contributed by atoms with Gasteiger partial charge in [-0.1, -0.05) is 12.1 Å². The summed E-state index contributed by atoms with van der Waals surface area (Å²) in [5.74, 6) is 0.267. The van der Waals surface area contributed by atoms with E-state index in [4.69, 9.17) is 9.47 Å². The van der Waals surface area contributed by atoms with Gasteiger partial charge in [-0.05, 0) is 29.8 Å². The molecule has 25 heavy (non-hydrogen) atoms. The van der Waals surface area contributed by atoms with Crippen molar-refractivity contribution in [2.24, 2.45) is 0 Å². The van der Waals surface area contributed by atoms with Crippen molar-refractivity contribution in [3.05, 3.63) is 58.1 Å². The van der Waals surface area contributed by atoms with Crippen LogP contribution in [0.5, 0.6) is 5.75 Å². The Labute approximate surface area is 146 Å². The standard InChI is InChI=1S/C18H21N3O4/c1-24-18-6-5-14(11-17(18)21(22)23)13-19-15-3-2-4-16(12-15)20-7-9-25-10-8-20/h2-6,11-12,19H,7-10,13H2,1H3. The van der Waals surface area contributed by atoms with Gasteiger partial charge in [-0.15, -0.1) is 0 Å². The summed E-state index contributed by atoms with van der Waals surface area (Å²) in [6, 6.07) is 13.1. The van der Waals surface area contributed by atoms with E-state index in [0.29, 0.717) is 6.54 Å². The fourth-order valence-electron chi connectivity index (χ4n) is 2.83. The Bertz CT molecular complexity index is 745. The van der Waals surface area contributed by atoms with Gasteiger partial charge in [0.2, 0.25) is 0 Å². The van der Waals surface area contributed by atoms with Crippen LogP contribution >= 0.6 is 0 Å². The summed E-state index contributed by atoms with van der Waals surface area (Å²) in [6.45, 7) is 3.75. The highest BCUT2D eigenvalue weighted by molar-refractivity contribution is 5.58. The van der Waals surface area contributed by atoms with Gasteiger partial charge in [-0.25, -0.2) is 0 Å². The van der Waals surface area contributed by atoms with Crippen LogP contribution in [-0.2, 0) is 11.3 Å². The Morgan fingerprint density at radius 2 is 2.04 bits per heavy atom. The van der Waals surface area contributed by atoms with Gasteiger partial charge in [0.1, 0.15) is 0 Å². The van der Waals surface area contributed by atoms with E-state index < -0.39 is 4.92 Å². The van der Waals surface area contributed by atoms with Crippen LogP contribution in [0.15, 0.2) is 42.5 Å². The number of rotatable bonds is 6. The quantitative estimate of drug-likeness (QED) is 0.642. The van der Waals surface area contributed by atoms with Crippen LogP contribution in [0.4, 0.5) is 17.1 Å². The zero-order valence-electron chi connectivity index (χ0n) is 14.1. The van der Waals surface area contributed by atoms with Gasteiger partial charge in [0.05, 0.1) is 25.2 Å². The van der Waals surface area contributed by atoms with Crippen LogP contribution < -0.4 is 15.0 Å². The number of anilines is 2. The van der Waals surface area contributed by atoms with Gasteiger partial charge < -0.3 is 19.7 Å². The lowest BCUT2D eigenvalue weighted by molar-refractivity contribution is -0.385. The molecule has 1 fully saturated rings. The van der Waals surface area contributed by atoms with Crippen molar-refractivity contribution in [3.8, 4) is 5.75 Å². The monoisotopic (exact) mass is 343 g/mol. The molecule has 132 valence electrons. The van der Waals surface area contributed by atoms with Gasteiger partial charge in [0.15, 0.2) is 5.75 Å². The van der Waals surface area contributed by atoms with E-state index in [9.17, 15) is 10.1 Å². The molecule has 0 amide bonds. The van der Waals surface area contributed by atoms with Crippen molar-refractivity contribution in [1.29, 1.82) is 0 Å². The van der Waals surface area contributed by atoms with Crippen LogP contribution in [0, 0.1) is 10.1 Å². The number of ether oxygens (including phenoxy) is 2. The minimum absolute atomic E-state index is 0.0242. The molecule has 0 aromatic heterocycles. The number of morpholine rings is 1. The topological polar surface area (TPSA) is 76.9 Å². The van der Waals surface area contributed by atoms with Crippen molar-refractivity contribution in [3.63, 3.8) is 0 Å². The molecule has 3 rings (SSSR count). The van der Waals surface area contributed by atoms with Crippen molar-refractivity contribution in [2.45, 2.75) is 6.54 Å². The summed E-state index contributed by atoms with van der Waals surface area (Å²) >= 11 is 0. The van der Waals surface area contributed by atoms with Crippen molar-refractivity contribution < 1.29 is 14.4 Å². The first kappa shape index (κ1) is 17.0. The number of nitro benzene ring substituents is 1. The van der Waals surface area contributed by atoms with Crippen LogP contribution in [0.1, 0.15) is 5.56 Å². The predicted molar refractivity (Wildman–Crippen MR) is 96.4 cm³/mol. The average molecular weight is 343 g/mol. The fourth-order valence-corrected chi connectivity index (χ4v) is 2.83. The summed E-state index contributed by atoms with van der Waals surface area (Å²) < 4.78 is 10.4. The highest BCUT2D eigenvalue weighted by atomic mass is 16.6. The van der Waals surface area contributed by atoms with Crippen LogP contribution in [-0.4, -0.2) is 38.3 Å². The number of nitrogens with one attached hydrogen (secondary N) is 1. The zero-order valence-corrected chi connectivity index (χ0v) is 14.1. The first-order valence-electron chi connectivity index (χ1n) is 8.15. The lowest BCUT2D eigenvalue weighted by atomic mass is 10.1. The van der Waals surface area contributed by atoms with E-state index in [1.54, 1.807) is 6.07 Å². The largest absolute Gasteiger partial charge is 0.490 e. The number of methoxy groups -OCH3 is 1. The number of benzene rings is 2. The lowest BCUT2D eigenvalue weighted by Crippen LogP contribution is -2.36. The molecule has 0 aliphatic carbocycles. The molecular weight excluding hydrogens is 322 g/mol. The number of hydrogen-bond donors (Lipinski definition) is 1. The van der Waals surface area contributed by atoms with Crippen molar-refractivity contribution in [2.75, 3.05) is 43.6 Å². The Hall–Kier alpha value is -2.80. The predicted octanol–water partition coefficient (Wildman–Crippen LogP) is 3.05. The third kappa shape index (κ3) is 4.19. The summed E-state index contributed by atoms with van der Waals surface area (Å²) in [5.41, 5.74) is 2.92. The average Bonchev–Trinajstić information content (AvgIpc) is 2.67. The second kappa shape index (κ2) is 7.85. The molecule has 1 N–H and O–H groups in total. The minimum atomic E-state index is -0.429. The fraction of sp³-hybridized carbons (Fsp3) is 0.333. The maximum Gasteiger partial charge on any atom is 0.311 e. The SMILES string of the molecule is COc1ccc(CNc2cccc(N3CCOCC3)c2)cc1[N+](=O)[O-]. The second-order valence-electron chi connectivity index (χ2n) is 5.77. The minimum Gasteiger partial charge on any atom is -0.490 e. The molecule has 1 saturated heterocycles. The molecule has 0 atom stereocenters. The van der Waals surface area contributed by atoms with E-state index in [-0.39, 0.29) is 11.4 Å². The maximum atomic E-state index is 11.1. The molecule has 7 heteroatoms. The van der Waals surface area contributed by atoms with E-state index in [1.807, 2.05) is 18.2 Å². The smallest absolute Gasteiger partial charge is 0.311 e. The maximum absolute atomic E-state index is 11.1. The van der Waals surface area contributed by atoms with Crippen LogP contribution in [0.3, 0.4) is 0 Å². The normalized spacial score (nSPS) is 14.2. The molecule has 0 spiro atoms. The van der Waals surface area contributed by atoms with Crippen LogP contribution in [0.2, 0.25) is 0 Å². The Balaban J connectivity index is 1.69. The van der Waals surface area contributed by atoms with Gasteiger partial charge in [-0.3, -0.25) is 10.1 Å². The third-order valence-electron chi connectivity index (χ3n) is 4.16. The molecule has 7 nitrogen and oxygen atoms in total. The number of nitrogens with zero attached hydrogens (tertiary/aromatic N) is 2. The molecular formula is C18H21N3O4. The summed E-state index contributed by atoms with van der Waals surface area (Å²) in [4.78, 5) is 13.0. The Morgan fingerprint density at radius 1 is 1.24 bits per heavy atom. The summed E-state index contributed by atoms with van der Waals surface area (Å²) in [7, 11) is 1.43. The highest BCUT2D eigenvalue weighted by Crippen LogP contribution is 2.28. The van der Waals surface area contributed by atoms with Crippen LogP contribution in [0.25, 0.3) is 0 Å². The number of nitro groups is 1. The van der Waals surface area contributed by atoms with Crippen molar-refractivity contribution >= 4 is 17.1 Å². The Morgan fingerprint density at radius 3 is 2.76 bits per heavy atom. The van der Waals surface area contributed by atoms with E-state index in [0.717, 1.165) is 43.2 Å². The molecule has 0 unspecified atom stereocenters. The molecule has 0 radical (unpaired) electrons. The van der Waals surface area contributed by atoms with Gasteiger partial charge in [0, 0.05) is 37.1 Å². The van der Waals surface area contributed by atoms with Gasteiger partial charge in [0.25, 0.3) is 0 Å². The second-order valence-corrected chi connectivity index (χ2v) is 5.77. The molecule has 1 aliphatic heterocycles. The molecule has 0 saturated carbocycles. The molecule has 0 bridgehead atoms. The zero-order chi connectivity index (χ0) is 17.6. The van der Waals surface area contributed by atoms with Gasteiger partial charge in [-0.2, -0.15) is 0 Å². The molecule has 2 aromatic carbocycles. The Kier molecular flexibility index (Phi) is 5.35. The third-order valence-corrected chi connectivity index (χ3v) is 4.16. The highest BCUT2D eigenvalue weighted by Gasteiger charge is 2.15. The molecule has 1 aliphatic rings. The molecule has 1 heterocycles. The van der Waals surface area contributed by atoms with E-state index in [2.05, 4.69) is 22.3 Å². The summed E-state index contributed by atoms with van der Waals surface area (Å²) in [6.07, 6.45) is 0. The molecule has 2 aromatic rings. The van der Waals surface area contributed by atoms with E-state index in [1.165, 1.54) is 13.2 Å². The first-order chi connectivity index (χ1) is 12.2. The number of hydrogen-bond acceptors (Lipinski definition) is 6.